The standard InChI is InChI=1S/C20H21ClO3/c21-18-9-4-3-8-16(18)15-7-2-1-6-14(15)13-24-20-11-5-10-19(23)17(20)12-22/h3-5,8-12,14-15,23H,1-2,6-7,13H2. The molecule has 24 heavy (non-hydrogen) atoms. The van der Waals surface area contributed by atoms with Crippen LogP contribution in [-0.4, -0.2) is 18.0 Å². The fraction of sp³-hybridized carbons (Fsp3) is 0.350. The second-order valence-electron chi connectivity index (χ2n) is 6.29. The Balaban J connectivity index is 1.77. The van der Waals surface area contributed by atoms with Crippen LogP contribution in [-0.2, 0) is 0 Å². The summed E-state index contributed by atoms with van der Waals surface area (Å²) in [7, 11) is 0. The molecule has 0 radical (unpaired) electrons. The van der Waals surface area contributed by atoms with E-state index >= 15 is 0 Å². The van der Waals surface area contributed by atoms with Crippen molar-refractivity contribution < 1.29 is 14.6 Å². The molecule has 3 rings (SSSR count). The summed E-state index contributed by atoms with van der Waals surface area (Å²) >= 11 is 6.39. The third-order valence-corrected chi connectivity index (χ3v) is 5.17. The van der Waals surface area contributed by atoms with Gasteiger partial charge in [-0.1, -0.05) is 48.7 Å². The number of phenols is 1. The van der Waals surface area contributed by atoms with Crippen LogP contribution in [0.4, 0.5) is 0 Å². The monoisotopic (exact) mass is 344 g/mol. The van der Waals surface area contributed by atoms with Crippen molar-refractivity contribution in [1.29, 1.82) is 0 Å². The number of phenolic OH excluding ortho intramolecular Hbond substituents is 1. The number of benzene rings is 2. The van der Waals surface area contributed by atoms with Crippen molar-refractivity contribution >= 4 is 17.9 Å². The van der Waals surface area contributed by atoms with Crippen molar-refractivity contribution in [3.63, 3.8) is 0 Å². The van der Waals surface area contributed by atoms with E-state index in [2.05, 4.69) is 6.07 Å². The summed E-state index contributed by atoms with van der Waals surface area (Å²) in [6, 6.07) is 12.9. The maximum absolute atomic E-state index is 11.2. The molecule has 0 heterocycles. The average molecular weight is 345 g/mol. The third-order valence-electron chi connectivity index (χ3n) is 4.83. The van der Waals surface area contributed by atoms with Crippen molar-refractivity contribution in [2.24, 2.45) is 5.92 Å². The number of carbonyl (C=O) groups excluding carboxylic acids is 1. The predicted molar refractivity (Wildman–Crippen MR) is 95.1 cm³/mol. The predicted octanol–water partition coefficient (Wildman–Crippen LogP) is 5.21. The zero-order chi connectivity index (χ0) is 16.9. The molecule has 1 saturated carbocycles. The zero-order valence-electron chi connectivity index (χ0n) is 13.5. The lowest BCUT2D eigenvalue weighted by Gasteiger charge is -2.32. The van der Waals surface area contributed by atoms with Gasteiger partial charge < -0.3 is 9.84 Å². The Kier molecular flexibility index (Phi) is 5.41. The number of aromatic hydroxyl groups is 1. The molecule has 1 aliphatic rings. The molecule has 3 nitrogen and oxygen atoms in total. The molecule has 0 aromatic heterocycles. The lowest BCUT2D eigenvalue weighted by Crippen LogP contribution is -2.24. The number of rotatable bonds is 5. The number of hydrogen-bond donors (Lipinski definition) is 1. The highest BCUT2D eigenvalue weighted by Crippen LogP contribution is 2.41. The van der Waals surface area contributed by atoms with Gasteiger partial charge in [0.1, 0.15) is 11.5 Å². The minimum absolute atomic E-state index is 0.0474. The first-order valence-electron chi connectivity index (χ1n) is 8.35. The lowest BCUT2D eigenvalue weighted by atomic mass is 9.76. The Morgan fingerprint density at radius 3 is 2.71 bits per heavy atom. The lowest BCUT2D eigenvalue weighted by molar-refractivity contribution is 0.111. The smallest absolute Gasteiger partial charge is 0.157 e. The molecule has 1 N–H and O–H groups in total. The summed E-state index contributed by atoms with van der Waals surface area (Å²) in [6.45, 7) is 0.514. The van der Waals surface area contributed by atoms with Crippen molar-refractivity contribution in [1.82, 2.24) is 0 Å². The molecule has 1 aliphatic carbocycles. The fourth-order valence-electron chi connectivity index (χ4n) is 3.57. The van der Waals surface area contributed by atoms with Gasteiger partial charge in [0, 0.05) is 5.02 Å². The molecule has 0 saturated heterocycles. The van der Waals surface area contributed by atoms with Gasteiger partial charge in [0.05, 0.1) is 12.2 Å². The van der Waals surface area contributed by atoms with Gasteiger partial charge >= 0.3 is 0 Å². The van der Waals surface area contributed by atoms with Gasteiger partial charge in [0.2, 0.25) is 0 Å². The summed E-state index contributed by atoms with van der Waals surface area (Å²) in [5.41, 5.74) is 1.39. The molecule has 0 spiro atoms. The highest BCUT2D eigenvalue weighted by Gasteiger charge is 2.28. The van der Waals surface area contributed by atoms with Gasteiger partial charge in [-0.05, 0) is 48.4 Å². The van der Waals surface area contributed by atoms with Crippen LogP contribution in [0.3, 0.4) is 0 Å². The van der Waals surface area contributed by atoms with Crippen molar-refractivity contribution in [3.05, 3.63) is 58.6 Å². The van der Waals surface area contributed by atoms with Crippen LogP contribution in [0.1, 0.15) is 47.5 Å². The second kappa shape index (κ2) is 7.71. The van der Waals surface area contributed by atoms with Crippen molar-refractivity contribution in [2.45, 2.75) is 31.6 Å². The highest BCUT2D eigenvalue weighted by atomic mass is 35.5. The van der Waals surface area contributed by atoms with Crippen LogP contribution < -0.4 is 4.74 Å². The van der Waals surface area contributed by atoms with Gasteiger partial charge in [-0.25, -0.2) is 0 Å². The Labute approximate surface area is 147 Å². The van der Waals surface area contributed by atoms with E-state index in [1.807, 2.05) is 18.2 Å². The quantitative estimate of drug-likeness (QED) is 0.757. The molecule has 2 aromatic carbocycles. The number of carbonyl (C=O) groups is 1. The summed E-state index contributed by atoms with van der Waals surface area (Å²) in [5, 5.41) is 10.6. The van der Waals surface area contributed by atoms with Crippen LogP contribution in [0.5, 0.6) is 11.5 Å². The van der Waals surface area contributed by atoms with Crippen LogP contribution >= 0.6 is 11.6 Å². The van der Waals surface area contributed by atoms with E-state index in [4.69, 9.17) is 16.3 Å². The van der Waals surface area contributed by atoms with E-state index in [1.165, 1.54) is 24.5 Å². The van der Waals surface area contributed by atoms with E-state index in [0.717, 1.165) is 17.9 Å². The van der Waals surface area contributed by atoms with Crippen LogP contribution in [0.2, 0.25) is 5.02 Å². The molecular weight excluding hydrogens is 324 g/mol. The minimum Gasteiger partial charge on any atom is -0.507 e. The van der Waals surface area contributed by atoms with Crippen LogP contribution in [0.15, 0.2) is 42.5 Å². The molecular formula is C20H21ClO3. The van der Waals surface area contributed by atoms with Gasteiger partial charge in [-0.2, -0.15) is 0 Å². The first kappa shape index (κ1) is 16.8. The van der Waals surface area contributed by atoms with E-state index in [9.17, 15) is 9.90 Å². The SMILES string of the molecule is O=Cc1c(O)cccc1OCC1CCCCC1c1ccccc1Cl. The van der Waals surface area contributed by atoms with E-state index in [-0.39, 0.29) is 11.3 Å². The number of aldehydes is 1. The molecule has 4 heteroatoms. The Hall–Kier alpha value is -2.00. The van der Waals surface area contributed by atoms with E-state index < -0.39 is 0 Å². The van der Waals surface area contributed by atoms with Gasteiger partial charge in [0.25, 0.3) is 0 Å². The topological polar surface area (TPSA) is 46.5 Å². The first-order chi connectivity index (χ1) is 11.7. The molecule has 2 aromatic rings. The number of ether oxygens (including phenoxy) is 1. The number of hydrogen-bond acceptors (Lipinski definition) is 3. The highest BCUT2D eigenvalue weighted by molar-refractivity contribution is 6.31. The van der Waals surface area contributed by atoms with Gasteiger partial charge in [0.15, 0.2) is 6.29 Å². The van der Waals surface area contributed by atoms with Crippen LogP contribution in [0.25, 0.3) is 0 Å². The van der Waals surface area contributed by atoms with E-state index in [0.29, 0.717) is 30.5 Å². The summed E-state index contributed by atoms with van der Waals surface area (Å²) in [5.74, 6) is 1.10. The van der Waals surface area contributed by atoms with Gasteiger partial charge in [-0.3, -0.25) is 4.79 Å². The Bertz CT molecular complexity index is 714. The Morgan fingerprint density at radius 1 is 1.12 bits per heavy atom. The zero-order valence-corrected chi connectivity index (χ0v) is 14.2. The van der Waals surface area contributed by atoms with E-state index in [1.54, 1.807) is 12.1 Å². The molecule has 0 amide bonds. The molecule has 2 atom stereocenters. The molecule has 0 aliphatic heterocycles. The minimum atomic E-state index is -0.0474. The molecule has 2 unspecified atom stereocenters. The summed E-state index contributed by atoms with van der Waals surface area (Å²) in [6.07, 6.45) is 5.17. The normalized spacial score (nSPS) is 20.5. The average Bonchev–Trinajstić information content (AvgIpc) is 2.61. The molecule has 0 bridgehead atoms. The Morgan fingerprint density at radius 2 is 1.92 bits per heavy atom. The summed E-state index contributed by atoms with van der Waals surface area (Å²) in [4.78, 5) is 11.2. The summed E-state index contributed by atoms with van der Waals surface area (Å²) < 4.78 is 5.91. The number of halogens is 1. The molecule has 126 valence electrons. The second-order valence-corrected chi connectivity index (χ2v) is 6.70. The van der Waals surface area contributed by atoms with Crippen molar-refractivity contribution in [2.75, 3.05) is 6.61 Å². The fourth-order valence-corrected chi connectivity index (χ4v) is 3.84. The first-order valence-corrected chi connectivity index (χ1v) is 8.73. The molecule has 1 fully saturated rings. The maximum atomic E-state index is 11.2. The largest absolute Gasteiger partial charge is 0.507 e. The van der Waals surface area contributed by atoms with Crippen LogP contribution in [0, 0.1) is 5.92 Å². The van der Waals surface area contributed by atoms with Crippen molar-refractivity contribution in [3.8, 4) is 11.5 Å². The third kappa shape index (κ3) is 3.57. The van der Waals surface area contributed by atoms with Gasteiger partial charge in [-0.15, -0.1) is 0 Å². The maximum Gasteiger partial charge on any atom is 0.157 e.